The standard InChI is InChI=1S/C9H8N4O/c14-12-5-8-2-1-3-9(4-8)13-7-10-6-11-13/h1-7,14H/b12-5+. The maximum absolute atomic E-state index is 8.38. The van der Waals surface area contributed by atoms with Gasteiger partial charge in [-0.2, -0.15) is 5.10 Å². The zero-order valence-electron chi connectivity index (χ0n) is 7.28. The van der Waals surface area contributed by atoms with Crippen molar-refractivity contribution >= 4 is 6.21 Å². The normalized spacial score (nSPS) is 10.9. The Kier molecular flexibility index (Phi) is 2.22. The van der Waals surface area contributed by atoms with Crippen LogP contribution in [0.5, 0.6) is 0 Å². The molecule has 1 aromatic heterocycles. The SMILES string of the molecule is O/N=C/c1cccc(-n2cncn2)c1. The highest BCUT2D eigenvalue weighted by Gasteiger charge is 1.96. The van der Waals surface area contributed by atoms with Gasteiger partial charge in [-0.1, -0.05) is 17.3 Å². The van der Waals surface area contributed by atoms with Gasteiger partial charge in [-0.3, -0.25) is 0 Å². The molecule has 70 valence electrons. The fraction of sp³-hybridized carbons (Fsp3) is 0. The predicted octanol–water partition coefficient (Wildman–Crippen LogP) is 1.08. The van der Waals surface area contributed by atoms with E-state index in [4.69, 9.17) is 5.21 Å². The lowest BCUT2D eigenvalue weighted by molar-refractivity contribution is 0.322. The van der Waals surface area contributed by atoms with E-state index in [0.29, 0.717) is 0 Å². The van der Waals surface area contributed by atoms with Crippen LogP contribution in [0.1, 0.15) is 5.56 Å². The summed E-state index contributed by atoms with van der Waals surface area (Å²) in [6, 6.07) is 7.42. The van der Waals surface area contributed by atoms with Gasteiger partial charge in [-0.15, -0.1) is 0 Å². The topological polar surface area (TPSA) is 63.3 Å². The van der Waals surface area contributed by atoms with Crippen molar-refractivity contribution in [3.05, 3.63) is 42.5 Å². The van der Waals surface area contributed by atoms with E-state index >= 15 is 0 Å². The van der Waals surface area contributed by atoms with Gasteiger partial charge in [0, 0.05) is 0 Å². The number of nitrogens with zero attached hydrogens (tertiary/aromatic N) is 4. The molecule has 0 aliphatic carbocycles. The molecule has 0 aliphatic rings. The summed E-state index contributed by atoms with van der Waals surface area (Å²) < 4.78 is 1.63. The molecule has 2 rings (SSSR count). The molecule has 1 aromatic carbocycles. The number of benzene rings is 1. The van der Waals surface area contributed by atoms with Crippen LogP contribution in [0.3, 0.4) is 0 Å². The predicted molar refractivity (Wildman–Crippen MR) is 50.7 cm³/mol. The summed E-state index contributed by atoms with van der Waals surface area (Å²) in [7, 11) is 0. The third kappa shape index (κ3) is 1.61. The van der Waals surface area contributed by atoms with Crippen LogP contribution in [0, 0.1) is 0 Å². The molecule has 0 fully saturated rings. The first kappa shape index (κ1) is 8.43. The zero-order chi connectivity index (χ0) is 9.80. The molecular formula is C9H8N4O. The number of hydrogen-bond donors (Lipinski definition) is 1. The van der Waals surface area contributed by atoms with Crippen LogP contribution in [-0.4, -0.2) is 26.2 Å². The molecule has 1 heterocycles. The van der Waals surface area contributed by atoms with Crippen molar-refractivity contribution in [3.63, 3.8) is 0 Å². The minimum atomic E-state index is 0.806. The van der Waals surface area contributed by atoms with Crippen LogP contribution >= 0.6 is 0 Å². The summed E-state index contributed by atoms with van der Waals surface area (Å²) in [6.07, 6.45) is 4.43. The van der Waals surface area contributed by atoms with Gasteiger partial charge >= 0.3 is 0 Å². The second kappa shape index (κ2) is 3.69. The molecule has 0 radical (unpaired) electrons. The lowest BCUT2D eigenvalue weighted by atomic mass is 10.2. The Morgan fingerprint density at radius 3 is 3.07 bits per heavy atom. The number of hydrogen-bond acceptors (Lipinski definition) is 4. The van der Waals surface area contributed by atoms with E-state index in [9.17, 15) is 0 Å². The van der Waals surface area contributed by atoms with Crippen LogP contribution in [0.15, 0.2) is 42.1 Å². The average molecular weight is 188 g/mol. The second-order valence-corrected chi connectivity index (χ2v) is 2.68. The zero-order valence-corrected chi connectivity index (χ0v) is 7.28. The highest BCUT2D eigenvalue weighted by atomic mass is 16.4. The maximum Gasteiger partial charge on any atom is 0.138 e. The van der Waals surface area contributed by atoms with E-state index in [2.05, 4.69) is 15.2 Å². The van der Waals surface area contributed by atoms with Gasteiger partial charge in [0.25, 0.3) is 0 Å². The molecule has 0 saturated carbocycles. The smallest absolute Gasteiger partial charge is 0.138 e. The summed E-state index contributed by atoms with van der Waals surface area (Å²) in [5.41, 5.74) is 1.68. The molecular weight excluding hydrogens is 180 g/mol. The summed E-state index contributed by atoms with van der Waals surface area (Å²) in [5.74, 6) is 0. The van der Waals surface area contributed by atoms with Crippen molar-refractivity contribution in [1.29, 1.82) is 0 Å². The highest BCUT2D eigenvalue weighted by molar-refractivity contribution is 5.79. The fourth-order valence-corrected chi connectivity index (χ4v) is 1.16. The van der Waals surface area contributed by atoms with Crippen molar-refractivity contribution < 1.29 is 5.21 Å². The van der Waals surface area contributed by atoms with Gasteiger partial charge in [-0.05, 0) is 17.7 Å². The molecule has 1 N–H and O–H groups in total. The first-order valence-corrected chi connectivity index (χ1v) is 4.02. The molecule has 0 aliphatic heterocycles. The molecule has 14 heavy (non-hydrogen) atoms. The van der Waals surface area contributed by atoms with Gasteiger partial charge < -0.3 is 5.21 Å². The summed E-state index contributed by atoms with van der Waals surface area (Å²) in [5, 5.41) is 15.3. The van der Waals surface area contributed by atoms with E-state index in [1.54, 1.807) is 11.0 Å². The molecule has 5 nitrogen and oxygen atoms in total. The van der Waals surface area contributed by atoms with Gasteiger partial charge in [0.2, 0.25) is 0 Å². The van der Waals surface area contributed by atoms with Crippen molar-refractivity contribution in [1.82, 2.24) is 14.8 Å². The van der Waals surface area contributed by atoms with Crippen molar-refractivity contribution in [2.75, 3.05) is 0 Å². The van der Waals surface area contributed by atoms with E-state index in [1.807, 2.05) is 24.3 Å². The number of aromatic nitrogens is 3. The van der Waals surface area contributed by atoms with Crippen LogP contribution in [0.25, 0.3) is 5.69 Å². The van der Waals surface area contributed by atoms with Gasteiger partial charge in [0.05, 0.1) is 11.9 Å². The van der Waals surface area contributed by atoms with E-state index < -0.39 is 0 Å². The number of rotatable bonds is 2. The fourth-order valence-electron chi connectivity index (χ4n) is 1.16. The van der Waals surface area contributed by atoms with Crippen LogP contribution < -0.4 is 0 Å². The lowest BCUT2D eigenvalue weighted by Gasteiger charge is -2.00. The Balaban J connectivity index is 2.40. The van der Waals surface area contributed by atoms with E-state index in [0.717, 1.165) is 11.3 Å². The molecule has 0 spiro atoms. The second-order valence-electron chi connectivity index (χ2n) is 2.68. The summed E-state index contributed by atoms with van der Waals surface area (Å²) in [6.45, 7) is 0. The molecule has 0 atom stereocenters. The minimum Gasteiger partial charge on any atom is -0.411 e. The van der Waals surface area contributed by atoms with Crippen molar-refractivity contribution in [3.8, 4) is 5.69 Å². The molecule has 0 unspecified atom stereocenters. The Morgan fingerprint density at radius 1 is 1.43 bits per heavy atom. The first-order chi connectivity index (χ1) is 6.90. The van der Waals surface area contributed by atoms with Crippen LogP contribution in [0.2, 0.25) is 0 Å². The van der Waals surface area contributed by atoms with E-state index in [1.165, 1.54) is 12.5 Å². The molecule has 0 bridgehead atoms. The average Bonchev–Trinajstić information content (AvgIpc) is 2.71. The Bertz CT molecular complexity index is 436. The Morgan fingerprint density at radius 2 is 2.36 bits per heavy atom. The maximum atomic E-state index is 8.38. The van der Waals surface area contributed by atoms with Crippen molar-refractivity contribution in [2.24, 2.45) is 5.16 Å². The Hall–Kier alpha value is -2.17. The van der Waals surface area contributed by atoms with Crippen LogP contribution in [-0.2, 0) is 0 Å². The highest BCUT2D eigenvalue weighted by Crippen LogP contribution is 2.06. The minimum absolute atomic E-state index is 0.806. The summed E-state index contributed by atoms with van der Waals surface area (Å²) in [4.78, 5) is 3.84. The first-order valence-electron chi connectivity index (χ1n) is 4.02. The van der Waals surface area contributed by atoms with Crippen molar-refractivity contribution in [2.45, 2.75) is 0 Å². The van der Waals surface area contributed by atoms with Crippen LogP contribution in [0.4, 0.5) is 0 Å². The molecule has 0 saturated heterocycles. The summed E-state index contributed by atoms with van der Waals surface area (Å²) >= 11 is 0. The molecule has 0 amide bonds. The largest absolute Gasteiger partial charge is 0.411 e. The Labute approximate surface area is 80.3 Å². The van der Waals surface area contributed by atoms with E-state index in [-0.39, 0.29) is 0 Å². The number of oxime groups is 1. The third-order valence-corrected chi connectivity index (χ3v) is 1.76. The van der Waals surface area contributed by atoms with Gasteiger partial charge in [-0.25, -0.2) is 9.67 Å². The van der Waals surface area contributed by atoms with Gasteiger partial charge in [0.15, 0.2) is 0 Å². The quantitative estimate of drug-likeness (QED) is 0.435. The third-order valence-electron chi connectivity index (χ3n) is 1.76. The molecule has 2 aromatic rings. The monoisotopic (exact) mass is 188 g/mol. The lowest BCUT2D eigenvalue weighted by Crippen LogP contribution is -1.95. The molecule has 5 heteroatoms. The van der Waals surface area contributed by atoms with Gasteiger partial charge in [0.1, 0.15) is 12.7 Å².